The van der Waals surface area contributed by atoms with Gasteiger partial charge in [0.05, 0.1) is 7.11 Å². The highest BCUT2D eigenvalue weighted by Crippen LogP contribution is 2.34. The number of carbonyl (C=O) groups is 1. The molecule has 0 amide bonds. The number of ether oxygens (including phenoxy) is 1. The van der Waals surface area contributed by atoms with Crippen molar-refractivity contribution in [2.24, 2.45) is 0 Å². The molecule has 10 heavy (non-hydrogen) atoms. The van der Waals surface area contributed by atoms with Crippen LogP contribution in [0.1, 0.15) is 19.3 Å². The quantitative estimate of drug-likeness (QED) is 0.435. The normalized spacial score (nSPS) is 22.3. The smallest absolute Gasteiger partial charge is 0.346 e. The number of hydrogen-bond donors (Lipinski definition) is 1. The maximum Gasteiger partial charge on any atom is 0.346 e. The Morgan fingerprint density at radius 1 is 1.30 bits per heavy atom. The Balaban J connectivity index is 2.31. The number of hydrogen-bond acceptors (Lipinski definition) is 2. The molecule has 0 saturated carbocycles. The van der Waals surface area contributed by atoms with Gasteiger partial charge in [0.1, 0.15) is 0 Å². The molecule has 60 valence electrons. The fourth-order valence-corrected chi connectivity index (χ4v) is 3.26. The average molecular weight is 162 g/mol. The highest BCUT2D eigenvalue weighted by molar-refractivity contribution is 8.29. The third-order valence-electron chi connectivity index (χ3n) is 1.79. The SMILES string of the molecule is COC(=O)[SH]1CCCCC1. The molecule has 1 rings (SSSR count). The van der Waals surface area contributed by atoms with Gasteiger partial charge in [-0.25, -0.2) is 4.79 Å². The fourth-order valence-electron chi connectivity index (χ4n) is 1.21. The summed E-state index contributed by atoms with van der Waals surface area (Å²) in [5.74, 6) is 2.20. The maximum absolute atomic E-state index is 11.0. The molecule has 0 atom stereocenters. The molecule has 0 bridgehead atoms. The summed E-state index contributed by atoms with van der Waals surface area (Å²) in [7, 11) is 1.09. The minimum atomic E-state index is -0.394. The van der Waals surface area contributed by atoms with Gasteiger partial charge in [0.2, 0.25) is 0 Å². The summed E-state index contributed by atoms with van der Waals surface area (Å²) in [6.07, 6.45) is 3.75. The Labute approximate surface area is 64.3 Å². The largest absolute Gasteiger partial charge is 0.462 e. The molecular formula is C7H14O2S. The first-order valence-electron chi connectivity index (χ1n) is 3.67. The van der Waals surface area contributed by atoms with E-state index in [4.69, 9.17) is 0 Å². The molecule has 3 heteroatoms. The predicted molar refractivity (Wildman–Crippen MR) is 45.0 cm³/mol. The Hall–Kier alpha value is -0.180. The number of thiol groups is 1. The van der Waals surface area contributed by atoms with Crippen LogP contribution in [0.4, 0.5) is 4.79 Å². The fraction of sp³-hybridized carbons (Fsp3) is 0.857. The molecule has 0 radical (unpaired) electrons. The molecule has 0 aromatic carbocycles. The summed E-state index contributed by atoms with van der Waals surface area (Å²) in [4.78, 5) is 11.0. The van der Waals surface area contributed by atoms with Gasteiger partial charge in [-0.1, -0.05) is 6.42 Å². The molecule has 0 aromatic heterocycles. The number of carbonyl (C=O) groups excluding carboxylic acids is 1. The van der Waals surface area contributed by atoms with Crippen molar-refractivity contribution in [3.8, 4) is 0 Å². The minimum Gasteiger partial charge on any atom is -0.462 e. The first-order valence-corrected chi connectivity index (χ1v) is 5.38. The molecule has 1 heterocycles. The molecule has 1 fully saturated rings. The van der Waals surface area contributed by atoms with Crippen molar-refractivity contribution in [2.75, 3.05) is 18.6 Å². The first-order chi connectivity index (χ1) is 4.84. The zero-order valence-electron chi connectivity index (χ0n) is 6.30. The second-order valence-electron chi connectivity index (χ2n) is 2.52. The van der Waals surface area contributed by atoms with Crippen LogP contribution in [-0.4, -0.2) is 23.9 Å². The van der Waals surface area contributed by atoms with E-state index in [1.807, 2.05) is 0 Å². The molecular weight excluding hydrogens is 148 g/mol. The molecule has 2 nitrogen and oxygen atoms in total. The lowest BCUT2D eigenvalue weighted by atomic mass is 10.3. The van der Waals surface area contributed by atoms with Gasteiger partial charge >= 0.3 is 5.30 Å². The van der Waals surface area contributed by atoms with Gasteiger partial charge < -0.3 is 4.74 Å². The number of methoxy groups -OCH3 is 1. The first kappa shape index (κ1) is 7.92. The third-order valence-corrected chi connectivity index (χ3v) is 4.20. The summed E-state index contributed by atoms with van der Waals surface area (Å²) >= 11 is 0. The van der Waals surface area contributed by atoms with E-state index in [9.17, 15) is 4.79 Å². The molecule has 1 saturated heterocycles. The van der Waals surface area contributed by atoms with Crippen molar-refractivity contribution in [1.82, 2.24) is 0 Å². The van der Waals surface area contributed by atoms with Crippen molar-refractivity contribution in [3.63, 3.8) is 0 Å². The molecule has 0 spiro atoms. The van der Waals surface area contributed by atoms with Crippen molar-refractivity contribution < 1.29 is 9.53 Å². The van der Waals surface area contributed by atoms with Crippen molar-refractivity contribution in [2.45, 2.75) is 19.3 Å². The predicted octanol–water partition coefficient (Wildman–Crippen LogP) is 1.94. The number of rotatable bonds is 0. The van der Waals surface area contributed by atoms with Gasteiger partial charge in [-0.05, 0) is 24.3 Å². The zero-order valence-corrected chi connectivity index (χ0v) is 7.19. The summed E-state index contributed by atoms with van der Waals surface area (Å²) in [6.45, 7) is 0. The van der Waals surface area contributed by atoms with Crippen molar-refractivity contribution in [1.29, 1.82) is 0 Å². The van der Waals surface area contributed by atoms with Gasteiger partial charge in [-0.2, -0.15) is 10.9 Å². The average Bonchev–Trinajstić information content (AvgIpc) is 2.05. The molecule has 1 aliphatic rings. The molecule has 0 unspecified atom stereocenters. The Kier molecular flexibility index (Phi) is 3.06. The van der Waals surface area contributed by atoms with Crippen LogP contribution in [0, 0.1) is 0 Å². The van der Waals surface area contributed by atoms with Crippen LogP contribution >= 0.6 is 10.9 Å². The van der Waals surface area contributed by atoms with Gasteiger partial charge in [0.15, 0.2) is 0 Å². The molecule has 1 aliphatic heterocycles. The summed E-state index contributed by atoms with van der Waals surface area (Å²) in [5.41, 5.74) is 0. The van der Waals surface area contributed by atoms with E-state index in [1.54, 1.807) is 0 Å². The topological polar surface area (TPSA) is 26.3 Å². The van der Waals surface area contributed by atoms with Crippen LogP contribution in [0.25, 0.3) is 0 Å². The maximum atomic E-state index is 11.0. The standard InChI is InChI=1S/C7H14O2S/c1-9-7(8)10-5-3-2-4-6-10/h10H,2-6H2,1H3. The molecule has 0 aliphatic carbocycles. The van der Waals surface area contributed by atoms with Crippen LogP contribution < -0.4 is 0 Å². The van der Waals surface area contributed by atoms with Crippen molar-refractivity contribution in [3.05, 3.63) is 0 Å². The molecule has 0 N–H and O–H groups in total. The van der Waals surface area contributed by atoms with Crippen molar-refractivity contribution >= 4 is 16.2 Å². The van der Waals surface area contributed by atoms with Crippen LogP contribution in [0.3, 0.4) is 0 Å². The van der Waals surface area contributed by atoms with Crippen LogP contribution in [0.15, 0.2) is 0 Å². The monoisotopic (exact) mass is 162 g/mol. The summed E-state index contributed by atoms with van der Waals surface area (Å²) < 4.78 is 4.68. The van der Waals surface area contributed by atoms with Gasteiger partial charge in [0, 0.05) is 0 Å². The van der Waals surface area contributed by atoms with Crippen LogP contribution in [0.5, 0.6) is 0 Å². The zero-order chi connectivity index (χ0) is 7.40. The van der Waals surface area contributed by atoms with Crippen LogP contribution in [0.2, 0.25) is 0 Å². The van der Waals surface area contributed by atoms with Gasteiger partial charge in [0.25, 0.3) is 0 Å². The van der Waals surface area contributed by atoms with Gasteiger partial charge in [-0.3, -0.25) is 0 Å². The minimum absolute atomic E-state index is 0.0506. The Morgan fingerprint density at radius 2 is 1.90 bits per heavy atom. The van der Waals surface area contributed by atoms with E-state index in [0.717, 1.165) is 11.5 Å². The second-order valence-corrected chi connectivity index (χ2v) is 4.86. The van der Waals surface area contributed by atoms with Gasteiger partial charge in [-0.15, -0.1) is 0 Å². The lowest BCUT2D eigenvalue weighted by Crippen LogP contribution is -2.10. The summed E-state index contributed by atoms with van der Waals surface area (Å²) in [6, 6.07) is 0. The van der Waals surface area contributed by atoms with E-state index >= 15 is 0 Å². The lowest BCUT2D eigenvalue weighted by Gasteiger charge is -2.22. The Morgan fingerprint density at radius 3 is 2.40 bits per heavy atom. The van der Waals surface area contributed by atoms with Crippen LogP contribution in [-0.2, 0) is 4.74 Å². The van der Waals surface area contributed by atoms with E-state index in [0.29, 0.717) is 0 Å². The molecule has 0 aromatic rings. The highest BCUT2D eigenvalue weighted by Gasteiger charge is 2.16. The van der Waals surface area contributed by atoms with E-state index in [2.05, 4.69) is 4.74 Å². The highest BCUT2D eigenvalue weighted by atomic mass is 32.2. The van der Waals surface area contributed by atoms with E-state index < -0.39 is 10.9 Å². The second kappa shape index (κ2) is 3.86. The summed E-state index contributed by atoms with van der Waals surface area (Å²) in [5, 5.41) is 0.0506. The van der Waals surface area contributed by atoms with E-state index in [1.165, 1.54) is 26.4 Å². The third kappa shape index (κ3) is 1.90. The van der Waals surface area contributed by atoms with E-state index in [-0.39, 0.29) is 5.30 Å². The lowest BCUT2D eigenvalue weighted by molar-refractivity contribution is 0.199. The Bertz CT molecular complexity index is 119.